The number of furan rings is 1. The van der Waals surface area contributed by atoms with E-state index in [0.717, 1.165) is 34.0 Å². The molecule has 3 aromatic carbocycles. The van der Waals surface area contributed by atoms with Crippen LogP contribution in [0.15, 0.2) is 143 Å². The predicted octanol–water partition coefficient (Wildman–Crippen LogP) is 7.43. The van der Waals surface area contributed by atoms with Gasteiger partial charge in [-0.2, -0.15) is 4.99 Å². The maximum atomic E-state index is 14.0. The van der Waals surface area contributed by atoms with Crippen LogP contribution in [0.25, 0.3) is 17.4 Å². The van der Waals surface area contributed by atoms with Crippen LogP contribution in [0, 0.1) is 6.92 Å². The Labute approximate surface area is 294 Å². The quantitative estimate of drug-likeness (QED) is 0.0755. The number of hydrogen-bond acceptors (Lipinski definition) is 7. The van der Waals surface area contributed by atoms with E-state index in [2.05, 4.69) is 16.9 Å². The highest BCUT2D eigenvalue weighted by Gasteiger charge is 2.35. The van der Waals surface area contributed by atoms with Crippen molar-refractivity contribution >= 4 is 46.7 Å². The van der Waals surface area contributed by atoms with Crippen LogP contribution in [0.5, 0.6) is 0 Å². The molecule has 10 heteroatoms. The number of amidine groups is 1. The van der Waals surface area contributed by atoms with Gasteiger partial charge in [-0.1, -0.05) is 103 Å². The summed E-state index contributed by atoms with van der Waals surface area (Å²) >= 11 is 0.985. The molecular weight excluding hydrogens is 651 g/mol. The number of carbonyl (C=O) groups is 4. The molecule has 1 aliphatic heterocycles. The van der Waals surface area contributed by atoms with E-state index in [4.69, 9.17) is 9.15 Å². The van der Waals surface area contributed by atoms with Crippen molar-refractivity contribution in [1.29, 1.82) is 0 Å². The van der Waals surface area contributed by atoms with Crippen molar-refractivity contribution in [2.24, 2.45) is 4.99 Å². The lowest BCUT2D eigenvalue weighted by Gasteiger charge is -2.28. The van der Waals surface area contributed by atoms with Gasteiger partial charge in [0.1, 0.15) is 17.1 Å². The van der Waals surface area contributed by atoms with Crippen LogP contribution in [0.1, 0.15) is 45.8 Å². The van der Waals surface area contributed by atoms with E-state index in [1.807, 2.05) is 67.6 Å². The minimum atomic E-state index is -0.764. The first kappa shape index (κ1) is 35.3. The summed E-state index contributed by atoms with van der Waals surface area (Å²) in [4.78, 5) is 58.3. The Morgan fingerprint density at radius 1 is 1.00 bits per heavy atom. The van der Waals surface area contributed by atoms with Crippen LogP contribution in [0.3, 0.4) is 0 Å². The molecule has 1 N–H and O–H groups in total. The highest BCUT2D eigenvalue weighted by Crippen LogP contribution is 2.30. The Morgan fingerprint density at radius 3 is 2.28 bits per heavy atom. The second kappa shape index (κ2) is 16.4. The number of benzene rings is 3. The van der Waals surface area contributed by atoms with Crippen LogP contribution in [-0.4, -0.2) is 46.6 Å². The number of aliphatic imine (C=N–C) groups is 1. The third-order valence-corrected chi connectivity index (χ3v) is 8.68. The molecule has 50 heavy (non-hydrogen) atoms. The summed E-state index contributed by atoms with van der Waals surface area (Å²) in [5.74, 6) is -1.51. The van der Waals surface area contributed by atoms with Gasteiger partial charge >= 0.3 is 5.97 Å². The zero-order valence-corrected chi connectivity index (χ0v) is 28.6. The summed E-state index contributed by atoms with van der Waals surface area (Å²) in [6, 6.07) is 27.3. The van der Waals surface area contributed by atoms with Crippen LogP contribution in [-0.2, 0) is 19.1 Å². The molecule has 0 saturated heterocycles. The van der Waals surface area contributed by atoms with Gasteiger partial charge < -0.3 is 14.5 Å². The summed E-state index contributed by atoms with van der Waals surface area (Å²) in [6.07, 6.45) is 7.95. The molecule has 2 heterocycles. The van der Waals surface area contributed by atoms with Gasteiger partial charge in [0.15, 0.2) is 5.17 Å². The SMILES string of the molecule is C=C/C=C\C(=C/C)N1C(=O)/C(=C/c2ccc(-c3ccc(C(=O)OC)cc3C)o2)C(=O)N=C1SCC(=O)NC(c1ccccc1)c1ccccc1. The number of aryl methyl sites for hydroxylation is 1. The van der Waals surface area contributed by atoms with Gasteiger partial charge in [0.05, 0.1) is 24.5 Å². The molecule has 0 atom stereocenters. The van der Waals surface area contributed by atoms with Gasteiger partial charge in [-0.05, 0) is 67.0 Å². The molecule has 1 aromatic heterocycles. The number of esters is 1. The topological polar surface area (TPSA) is 118 Å². The fourth-order valence-electron chi connectivity index (χ4n) is 5.30. The third-order valence-electron chi connectivity index (χ3n) is 7.74. The molecular formula is C40H35N3O6S. The molecule has 0 unspecified atom stereocenters. The summed E-state index contributed by atoms with van der Waals surface area (Å²) in [6.45, 7) is 7.30. The molecule has 0 spiro atoms. The fraction of sp³-hybridized carbons (Fsp3) is 0.125. The van der Waals surface area contributed by atoms with Crippen LogP contribution in [0.2, 0.25) is 0 Å². The molecule has 4 aromatic rings. The van der Waals surface area contributed by atoms with Crippen molar-refractivity contribution < 1.29 is 28.3 Å². The highest BCUT2D eigenvalue weighted by atomic mass is 32.2. The van der Waals surface area contributed by atoms with Crippen molar-refractivity contribution in [2.45, 2.75) is 19.9 Å². The zero-order valence-electron chi connectivity index (χ0n) is 27.8. The first-order valence-electron chi connectivity index (χ1n) is 15.7. The van der Waals surface area contributed by atoms with Crippen molar-refractivity contribution in [3.05, 3.63) is 161 Å². The Hall–Kier alpha value is -6.00. The monoisotopic (exact) mass is 685 g/mol. The second-order valence-electron chi connectivity index (χ2n) is 11.0. The van der Waals surface area contributed by atoms with Crippen LogP contribution in [0.4, 0.5) is 0 Å². The number of nitrogens with one attached hydrogen (secondary N) is 1. The van der Waals surface area contributed by atoms with Crippen LogP contribution < -0.4 is 5.32 Å². The molecule has 5 rings (SSSR count). The average Bonchev–Trinajstić information content (AvgIpc) is 3.61. The molecule has 0 radical (unpaired) electrons. The number of amides is 3. The largest absolute Gasteiger partial charge is 0.465 e. The molecule has 0 bridgehead atoms. The van der Waals surface area contributed by atoms with E-state index in [1.165, 1.54) is 18.1 Å². The minimum absolute atomic E-state index is 0.0616. The number of methoxy groups -OCH3 is 1. The van der Waals surface area contributed by atoms with Gasteiger partial charge in [-0.15, -0.1) is 0 Å². The standard InChI is InChI=1S/C40H35N3O6S/c1-5-7-18-30(6-2)43-38(46)33(24-31-20-22-34(49-31)32-21-19-29(23-26(32)3)39(47)48-4)37(45)42-40(43)50-25-35(44)41-36(27-14-10-8-11-15-27)28-16-12-9-13-17-28/h5-24,36H,1,25H2,2-4H3,(H,41,44)/b18-7-,30-6+,33-24+. The Balaban J connectivity index is 1.40. The van der Waals surface area contributed by atoms with Crippen molar-refractivity contribution in [3.63, 3.8) is 0 Å². The summed E-state index contributed by atoms with van der Waals surface area (Å²) in [7, 11) is 1.32. The first-order chi connectivity index (χ1) is 24.2. The van der Waals surface area contributed by atoms with E-state index in [-0.39, 0.29) is 28.2 Å². The zero-order chi connectivity index (χ0) is 35.6. The number of nitrogens with zero attached hydrogens (tertiary/aromatic N) is 2. The molecule has 0 fully saturated rings. The lowest BCUT2D eigenvalue weighted by Crippen LogP contribution is -2.42. The number of rotatable bonds is 11. The fourth-order valence-corrected chi connectivity index (χ4v) is 6.10. The minimum Gasteiger partial charge on any atom is -0.465 e. The summed E-state index contributed by atoms with van der Waals surface area (Å²) in [5.41, 5.74) is 3.96. The van der Waals surface area contributed by atoms with E-state index in [0.29, 0.717) is 17.0 Å². The van der Waals surface area contributed by atoms with E-state index >= 15 is 0 Å². The number of thioether (sulfide) groups is 1. The summed E-state index contributed by atoms with van der Waals surface area (Å²) in [5, 5.41) is 3.15. The molecule has 1 aliphatic rings. The van der Waals surface area contributed by atoms with Gasteiger partial charge in [-0.3, -0.25) is 19.3 Å². The van der Waals surface area contributed by atoms with Gasteiger partial charge in [0.25, 0.3) is 11.8 Å². The van der Waals surface area contributed by atoms with Gasteiger partial charge in [0, 0.05) is 11.3 Å². The summed E-state index contributed by atoms with van der Waals surface area (Å²) < 4.78 is 10.8. The molecule has 252 valence electrons. The number of ether oxygens (including phenoxy) is 1. The maximum Gasteiger partial charge on any atom is 0.337 e. The lowest BCUT2D eigenvalue weighted by molar-refractivity contribution is -0.126. The van der Waals surface area contributed by atoms with Crippen LogP contribution >= 0.6 is 11.8 Å². The molecule has 9 nitrogen and oxygen atoms in total. The maximum absolute atomic E-state index is 14.0. The van der Waals surface area contributed by atoms with Crippen molar-refractivity contribution in [1.82, 2.24) is 10.2 Å². The van der Waals surface area contributed by atoms with Gasteiger partial charge in [0.2, 0.25) is 5.91 Å². The smallest absolute Gasteiger partial charge is 0.337 e. The third kappa shape index (κ3) is 8.16. The van der Waals surface area contributed by atoms with E-state index in [9.17, 15) is 19.2 Å². The average molecular weight is 686 g/mol. The first-order valence-corrected chi connectivity index (χ1v) is 16.7. The Kier molecular flexibility index (Phi) is 11.6. The highest BCUT2D eigenvalue weighted by molar-refractivity contribution is 8.14. The van der Waals surface area contributed by atoms with Crippen molar-refractivity contribution in [2.75, 3.05) is 12.9 Å². The number of hydrogen-bond donors (Lipinski definition) is 1. The Morgan fingerprint density at radius 2 is 1.68 bits per heavy atom. The normalized spacial score (nSPS) is 14.3. The van der Waals surface area contributed by atoms with E-state index in [1.54, 1.807) is 61.6 Å². The number of allylic oxidation sites excluding steroid dienone is 4. The van der Waals surface area contributed by atoms with E-state index < -0.39 is 23.8 Å². The Bertz CT molecular complexity index is 2000. The number of carbonyl (C=O) groups excluding carboxylic acids is 4. The molecule has 0 aliphatic carbocycles. The lowest BCUT2D eigenvalue weighted by atomic mass is 9.99. The second-order valence-corrected chi connectivity index (χ2v) is 12.0. The predicted molar refractivity (Wildman–Crippen MR) is 196 cm³/mol. The van der Waals surface area contributed by atoms with Gasteiger partial charge in [-0.25, -0.2) is 4.79 Å². The molecule has 0 saturated carbocycles. The van der Waals surface area contributed by atoms with Crippen molar-refractivity contribution in [3.8, 4) is 11.3 Å². The molecule has 3 amide bonds.